The molecule has 1 aliphatic heterocycles. The van der Waals surface area contributed by atoms with E-state index in [2.05, 4.69) is 5.32 Å². The molecule has 12 heteroatoms. The lowest BCUT2D eigenvalue weighted by molar-refractivity contribution is 0.174. The maximum atomic E-state index is 12.7. The number of ether oxygens (including phenoxy) is 1. The number of sulfonamides is 2. The minimum Gasteiger partial charge on any atom is -0.383 e. The lowest BCUT2D eigenvalue weighted by Crippen LogP contribution is -2.44. The van der Waals surface area contributed by atoms with Crippen molar-refractivity contribution in [3.8, 4) is 0 Å². The summed E-state index contributed by atoms with van der Waals surface area (Å²) in [4.78, 5) is 0. The molecule has 0 bridgehead atoms. The van der Waals surface area contributed by atoms with Crippen LogP contribution in [0.3, 0.4) is 0 Å². The Labute approximate surface area is 152 Å². The summed E-state index contributed by atoms with van der Waals surface area (Å²) in [5, 5.41) is 8.41. The van der Waals surface area contributed by atoms with Crippen molar-refractivity contribution < 1.29 is 21.6 Å². The van der Waals surface area contributed by atoms with E-state index in [0.29, 0.717) is 23.4 Å². The van der Waals surface area contributed by atoms with Gasteiger partial charge >= 0.3 is 0 Å². The smallest absolute Gasteiger partial charge is 0.253 e. The fourth-order valence-corrected chi connectivity index (χ4v) is 6.62. The Morgan fingerprint density at radius 2 is 2.17 bits per heavy atom. The lowest BCUT2D eigenvalue weighted by Gasteiger charge is -2.32. The molecule has 0 amide bonds. The van der Waals surface area contributed by atoms with Crippen molar-refractivity contribution in [2.45, 2.75) is 27.8 Å². The molecular weight excluding hydrogens is 398 g/mol. The molecule has 0 saturated carbocycles. The van der Waals surface area contributed by atoms with Gasteiger partial charge in [0.2, 0.25) is 10.0 Å². The Balaban J connectivity index is 0.00000288. The summed E-state index contributed by atoms with van der Waals surface area (Å²) < 4.78 is 54.7. The Bertz CT molecular complexity index is 763. The number of fused-ring (bicyclic) bond motifs is 1. The first-order valence-electron chi connectivity index (χ1n) is 7.10. The summed E-state index contributed by atoms with van der Waals surface area (Å²) in [5.41, 5.74) is 0.473. The number of methoxy groups -OCH3 is 1. The van der Waals surface area contributed by atoms with Gasteiger partial charge < -0.3 is 10.1 Å². The van der Waals surface area contributed by atoms with E-state index in [1.165, 1.54) is 17.5 Å². The molecule has 0 unspecified atom stereocenters. The molecule has 8 nitrogen and oxygen atoms in total. The fourth-order valence-electron chi connectivity index (χ4n) is 2.37. The maximum absolute atomic E-state index is 12.7. The summed E-state index contributed by atoms with van der Waals surface area (Å²) in [6, 6.07) is 1.10. The molecule has 1 aliphatic rings. The summed E-state index contributed by atoms with van der Waals surface area (Å²) in [6.07, 6.45) is 0.878. The Kier molecular flexibility index (Phi) is 7.63. The number of rotatable bonds is 7. The van der Waals surface area contributed by atoms with E-state index in [9.17, 15) is 16.8 Å². The highest BCUT2D eigenvalue weighted by Crippen LogP contribution is 2.39. The molecule has 3 N–H and O–H groups in total. The number of nitrogens with one attached hydrogen (secondary N) is 1. The number of nitrogens with zero attached hydrogens (tertiary/aromatic N) is 1. The normalized spacial score (nSPS) is 20.4. The van der Waals surface area contributed by atoms with Gasteiger partial charge in [0.1, 0.15) is 8.42 Å². The van der Waals surface area contributed by atoms with Crippen molar-refractivity contribution in [3.05, 3.63) is 11.6 Å². The summed E-state index contributed by atoms with van der Waals surface area (Å²) in [7, 11) is -6.18. The molecule has 2 heterocycles. The first-order valence-corrected chi connectivity index (χ1v) is 10.9. The van der Waals surface area contributed by atoms with Crippen LogP contribution < -0.4 is 10.5 Å². The van der Waals surface area contributed by atoms with Crippen molar-refractivity contribution >= 4 is 43.8 Å². The van der Waals surface area contributed by atoms with E-state index in [0.717, 1.165) is 6.42 Å². The van der Waals surface area contributed by atoms with Crippen molar-refractivity contribution in [1.82, 2.24) is 9.62 Å². The molecule has 1 aromatic heterocycles. The van der Waals surface area contributed by atoms with Crippen LogP contribution in [0.4, 0.5) is 0 Å². The van der Waals surface area contributed by atoms with E-state index in [1.54, 1.807) is 0 Å². The summed E-state index contributed by atoms with van der Waals surface area (Å²) in [6.45, 7) is 3.41. The molecule has 1 aromatic rings. The fraction of sp³-hybridized carbons (Fsp3) is 0.667. The van der Waals surface area contributed by atoms with Crippen LogP contribution in [0.2, 0.25) is 0 Å². The van der Waals surface area contributed by atoms with Crippen LogP contribution >= 0.6 is 23.7 Å². The van der Waals surface area contributed by atoms with E-state index >= 15 is 0 Å². The van der Waals surface area contributed by atoms with Crippen LogP contribution in [0.1, 0.15) is 24.9 Å². The molecule has 0 radical (unpaired) electrons. The van der Waals surface area contributed by atoms with Gasteiger partial charge in [0, 0.05) is 31.8 Å². The average molecular weight is 420 g/mol. The van der Waals surface area contributed by atoms with Gasteiger partial charge in [0.05, 0.1) is 6.61 Å². The van der Waals surface area contributed by atoms with Crippen molar-refractivity contribution in [1.29, 1.82) is 0 Å². The van der Waals surface area contributed by atoms with Gasteiger partial charge in [-0.05, 0) is 19.0 Å². The molecular formula is C12H22ClN3O5S3. The Hall–Kier alpha value is -0.270. The average Bonchev–Trinajstić information content (AvgIpc) is 2.92. The number of hydrogen-bond donors (Lipinski definition) is 2. The number of nitrogens with two attached hydrogens (primary N) is 1. The van der Waals surface area contributed by atoms with Crippen molar-refractivity contribution in [3.63, 3.8) is 0 Å². The molecule has 0 aliphatic carbocycles. The zero-order valence-electron chi connectivity index (χ0n) is 13.4. The molecule has 2 rings (SSSR count). The lowest BCUT2D eigenvalue weighted by atomic mass is 10.1. The van der Waals surface area contributed by atoms with E-state index in [-0.39, 0.29) is 46.6 Å². The third-order valence-electron chi connectivity index (χ3n) is 3.50. The number of halogens is 1. The molecule has 0 fully saturated rings. The van der Waals surface area contributed by atoms with E-state index < -0.39 is 20.0 Å². The van der Waals surface area contributed by atoms with Gasteiger partial charge in [0.25, 0.3) is 10.0 Å². The summed E-state index contributed by atoms with van der Waals surface area (Å²) in [5.74, 6) is 0. The maximum Gasteiger partial charge on any atom is 0.253 e. The highest BCUT2D eigenvalue weighted by Gasteiger charge is 2.39. The molecule has 0 aromatic carbocycles. The van der Waals surface area contributed by atoms with Crippen molar-refractivity contribution in [2.24, 2.45) is 5.14 Å². The van der Waals surface area contributed by atoms with Gasteiger partial charge in [-0.1, -0.05) is 6.92 Å². The van der Waals surface area contributed by atoms with Crippen LogP contribution in [0.15, 0.2) is 14.5 Å². The molecule has 1 atom stereocenters. The monoisotopic (exact) mass is 419 g/mol. The first-order chi connectivity index (χ1) is 10.7. The number of thiophene rings is 1. The topological polar surface area (TPSA) is 119 Å². The highest BCUT2D eigenvalue weighted by atomic mass is 35.5. The standard InChI is InChI=1S/C12H21N3O5S3.ClH/c1-3-4-14-10-8-15(5-6-20-2)23(18,19)12-9(10)7-11(21-12)22(13,16)17;/h7,10,14H,3-6,8H2,1-2H3,(H2,13,16,17);1H/t10-;/m0./s1. The second-order valence-corrected chi connectivity index (χ2v) is 10.2. The second-order valence-electron chi connectivity index (χ2n) is 5.22. The van der Waals surface area contributed by atoms with Crippen LogP contribution in [-0.4, -0.2) is 54.5 Å². The van der Waals surface area contributed by atoms with Crippen molar-refractivity contribution in [2.75, 3.05) is 33.4 Å². The predicted octanol–water partition coefficient (Wildman–Crippen LogP) is 0.509. The first kappa shape index (κ1) is 21.8. The predicted molar refractivity (Wildman–Crippen MR) is 94.6 cm³/mol. The van der Waals surface area contributed by atoms with Crippen LogP contribution in [0.5, 0.6) is 0 Å². The minimum atomic E-state index is -3.94. The summed E-state index contributed by atoms with van der Waals surface area (Å²) >= 11 is 0.700. The number of primary sulfonamides is 1. The van der Waals surface area contributed by atoms with Gasteiger partial charge in [0.15, 0.2) is 0 Å². The van der Waals surface area contributed by atoms with Gasteiger partial charge in [-0.25, -0.2) is 22.0 Å². The molecule has 0 saturated heterocycles. The van der Waals surface area contributed by atoms with Gasteiger partial charge in [-0.2, -0.15) is 4.31 Å². The third-order valence-corrected chi connectivity index (χ3v) is 8.47. The van der Waals surface area contributed by atoms with Gasteiger partial charge in [-0.3, -0.25) is 0 Å². The minimum absolute atomic E-state index is 0. The molecule has 140 valence electrons. The van der Waals surface area contributed by atoms with E-state index in [1.807, 2.05) is 6.92 Å². The zero-order valence-corrected chi connectivity index (χ0v) is 16.7. The van der Waals surface area contributed by atoms with E-state index in [4.69, 9.17) is 9.88 Å². The highest BCUT2D eigenvalue weighted by molar-refractivity contribution is 7.94. The quantitative estimate of drug-likeness (QED) is 0.664. The van der Waals surface area contributed by atoms with Crippen LogP contribution in [0.25, 0.3) is 0 Å². The van der Waals surface area contributed by atoms with Gasteiger partial charge in [-0.15, -0.1) is 23.7 Å². The number of hydrogen-bond acceptors (Lipinski definition) is 7. The Morgan fingerprint density at radius 3 is 2.71 bits per heavy atom. The van der Waals surface area contributed by atoms with Crippen LogP contribution in [0, 0.1) is 0 Å². The molecule has 24 heavy (non-hydrogen) atoms. The SMILES string of the molecule is CCCN[C@H]1CN(CCOC)S(=O)(=O)c2sc(S(N)(=O)=O)cc21.Cl. The molecule has 0 spiro atoms. The van der Waals surface area contributed by atoms with Crippen LogP contribution in [-0.2, 0) is 24.8 Å². The third kappa shape index (κ3) is 4.47. The largest absolute Gasteiger partial charge is 0.383 e. The second kappa shape index (κ2) is 8.41. The Morgan fingerprint density at radius 1 is 1.50 bits per heavy atom. The zero-order chi connectivity index (χ0) is 17.3.